The molecule has 0 fully saturated rings. The summed E-state index contributed by atoms with van der Waals surface area (Å²) >= 11 is 1.41. The molecule has 23 heavy (non-hydrogen) atoms. The molecule has 1 unspecified atom stereocenters. The summed E-state index contributed by atoms with van der Waals surface area (Å²) in [6.45, 7) is 6.15. The third-order valence-corrected chi connectivity index (χ3v) is 6.07. The maximum atomic E-state index is 12.2. The average molecular weight is 354 g/mol. The van der Waals surface area contributed by atoms with Gasteiger partial charge in [-0.05, 0) is 49.9 Å². The number of carbonyl (C=O) groups excluding carboxylic acids is 1. The Balaban J connectivity index is 2.36. The second-order valence-electron chi connectivity index (χ2n) is 5.54. The van der Waals surface area contributed by atoms with Gasteiger partial charge in [-0.1, -0.05) is 6.92 Å². The molecule has 1 aromatic carbocycles. The van der Waals surface area contributed by atoms with Gasteiger partial charge in [0, 0.05) is 17.3 Å². The monoisotopic (exact) mass is 354 g/mol. The summed E-state index contributed by atoms with van der Waals surface area (Å²) in [7, 11) is -3.31. The van der Waals surface area contributed by atoms with E-state index in [4.69, 9.17) is 0 Å². The number of sulfonamides is 1. The Hall–Kier alpha value is -1.60. The summed E-state index contributed by atoms with van der Waals surface area (Å²) in [4.78, 5) is 12.8. The standard InChI is InChI=1S/C16H22N2O3S2/c1-5-11(3)17-16(19)15-10-12-9-13(7-8-14(12)22-15)18(6-2)23(4,20)21/h7-11H,5-6H2,1-4H3,(H,17,19). The number of rotatable bonds is 6. The van der Waals surface area contributed by atoms with E-state index in [0.29, 0.717) is 17.1 Å². The number of anilines is 1. The van der Waals surface area contributed by atoms with Gasteiger partial charge in [0.2, 0.25) is 10.0 Å². The highest BCUT2D eigenvalue weighted by molar-refractivity contribution is 7.92. The van der Waals surface area contributed by atoms with Gasteiger partial charge < -0.3 is 5.32 Å². The molecule has 1 atom stereocenters. The molecule has 0 aliphatic heterocycles. The molecule has 1 aromatic heterocycles. The van der Waals surface area contributed by atoms with E-state index in [1.807, 2.05) is 32.0 Å². The first-order chi connectivity index (χ1) is 10.8. The Morgan fingerprint density at radius 2 is 2.00 bits per heavy atom. The van der Waals surface area contributed by atoms with Crippen LogP contribution in [-0.2, 0) is 10.0 Å². The normalized spacial score (nSPS) is 13.0. The lowest BCUT2D eigenvalue weighted by Gasteiger charge is -2.20. The fraction of sp³-hybridized carbons (Fsp3) is 0.438. The van der Waals surface area contributed by atoms with E-state index in [-0.39, 0.29) is 11.9 Å². The lowest BCUT2D eigenvalue weighted by atomic mass is 10.2. The van der Waals surface area contributed by atoms with Gasteiger partial charge in [-0.2, -0.15) is 0 Å². The van der Waals surface area contributed by atoms with Crippen molar-refractivity contribution in [2.45, 2.75) is 33.2 Å². The maximum absolute atomic E-state index is 12.2. The molecule has 0 bridgehead atoms. The van der Waals surface area contributed by atoms with Crippen molar-refractivity contribution in [3.8, 4) is 0 Å². The zero-order chi connectivity index (χ0) is 17.2. The first-order valence-corrected chi connectivity index (χ1v) is 10.2. The smallest absolute Gasteiger partial charge is 0.261 e. The van der Waals surface area contributed by atoms with Crippen molar-refractivity contribution < 1.29 is 13.2 Å². The minimum absolute atomic E-state index is 0.0856. The largest absolute Gasteiger partial charge is 0.349 e. The number of nitrogens with zero attached hydrogens (tertiary/aromatic N) is 1. The molecule has 2 aromatic rings. The minimum Gasteiger partial charge on any atom is -0.349 e. The van der Waals surface area contributed by atoms with Crippen LogP contribution in [0.1, 0.15) is 36.9 Å². The number of carbonyl (C=O) groups is 1. The lowest BCUT2D eigenvalue weighted by Crippen LogP contribution is -2.31. The van der Waals surface area contributed by atoms with Crippen LogP contribution in [0.15, 0.2) is 24.3 Å². The zero-order valence-electron chi connectivity index (χ0n) is 13.8. The molecule has 7 heteroatoms. The molecule has 0 aliphatic rings. The summed E-state index contributed by atoms with van der Waals surface area (Å²) < 4.78 is 26.0. The fourth-order valence-corrected chi connectivity index (χ4v) is 4.22. The second-order valence-corrected chi connectivity index (χ2v) is 8.53. The van der Waals surface area contributed by atoms with Crippen molar-refractivity contribution in [2.75, 3.05) is 17.1 Å². The third kappa shape index (κ3) is 4.03. The molecule has 1 heterocycles. The van der Waals surface area contributed by atoms with Crippen LogP contribution in [0.3, 0.4) is 0 Å². The first kappa shape index (κ1) is 17.7. The van der Waals surface area contributed by atoms with Crippen LogP contribution < -0.4 is 9.62 Å². The third-order valence-electron chi connectivity index (χ3n) is 3.69. The minimum atomic E-state index is -3.31. The van der Waals surface area contributed by atoms with E-state index in [1.54, 1.807) is 13.0 Å². The van der Waals surface area contributed by atoms with Gasteiger partial charge in [0.1, 0.15) is 0 Å². The second kappa shape index (κ2) is 6.88. The van der Waals surface area contributed by atoms with Crippen LogP contribution in [-0.4, -0.2) is 33.2 Å². The predicted octanol–water partition coefficient (Wildman–Crippen LogP) is 3.22. The molecule has 126 valence electrons. The van der Waals surface area contributed by atoms with Crippen LogP contribution in [0.25, 0.3) is 10.1 Å². The van der Waals surface area contributed by atoms with Crippen LogP contribution in [0.2, 0.25) is 0 Å². The van der Waals surface area contributed by atoms with Crippen LogP contribution in [0.4, 0.5) is 5.69 Å². The molecule has 1 N–H and O–H groups in total. The van der Waals surface area contributed by atoms with Gasteiger partial charge in [0.15, 0.2) is 0 Å². The molecular weight excluding hydrogens is 332 g/mol. The Labute approximate surface area is 141 Å². The number of nitrogens with one attached hydrogen (secondary N) is 1. The zero-order valence-corrected chi connectivity index (χ0v) is 15.4. The molecule has 0 aliphatic carbocycles. The molecule has 1 amide bonds. The topological polar surface area (TPSA) is 66.5 Å². The Morgan fingerprint density at radius 3 is 2.57 bits per heavy atom. The summed E-state index contributed by atoms with van der Waals surface area (Å²) in [5, 5.41) is 3.82. The summed E-state index contributed by atoms with van der Waals surface area (Å²) in [6, 6.07) is 7.40. The number of thiophene rings is 1. The van der Waals surface area contributed by atoms with Gasteiger partial charge >= 0.3 is 0 Å². The van der Waals surface area contributed by atoms with Crippen LogP contribution in [0, 0.1) is 0 Å². The molecular formula is C16H22N2O3S2. The van der Waals surface area contributed by atoms with Gasteiger partial charge in [0.25, 0.3) is 5.91 Å². The SMILES string of the molecule is CCC(C)NC(=O)c1cc2cc(N(CC)S(C)(=O)=O)ccc2s1. The van der Waals surface area contributed by atoms with E-state index in [2.05, 4.69) is 5.32 Å². The summed E-state index contributed by atoms with van der Waals surface area (Å²) in [6.07, 6.45) is 2.07. The quantitative estimate of drug-likeness (QED) is 0.866. The number of hydrogen-bond donors (Lipinski definition) is 1. The highest BCUT2D eigenvalue weighted by Crippen LogP contribution is 2.30. The fourth-order valence-electron chi connectivity index (χ4n) is 2.30. The highest BCUT2D eigenvalue weighted by atomic mass is 32.2. The van der Waals surface area contributed by atoms with Crippen LogP contribution >= 0.6 is 11.3 Å². The molecule has 0 radical (unpaired) electrons. The number of hydrogen-bond acceptors (Lipinski definition) is 4. The predicted molar refractivity (Wildman–Crippen MR) is 96.9 cm³/mol. The summed E-state index contributed by atoms with van der Waals surface area (Å²) in [5.41, 5.74) is 0.620. The average Bonchev–Trinajstić information content (AvgIpc) is 2.89. The maximum Gasteiger partial charge on any atom is 0.261 e. The van der Waals surface area contributed by atoms with E-state index in [0.717, 1.165) is 16.5 Å². The van der Waals surface area contributed by atoms with Crippen LogP contribution in [0.5, 0.6) is 0 Å². The molecule has 0 saturated carbocycles. The van der Waals surface area contributed by atoms with E-state index < -0.39 is 10.0 Å². The van der Waals surface area contributed by atoms with Crippen molar-refractivity contribution in [3.63, 3.8) is 0 Å². The Kier molecular flexibility index (Phi) is 5.31. The van der Waals surface area contributed by atoms with Crippen molar-refractivity contribution in [1.82, 2.24) is 5.32 Å². The van der Waals surface area contributed by atoms with Crippen molar-refractivity contribution >= 4 is 43.0 Å². The van der Waals surface area contributed by atoms with E-state index in [1.165, 1.54) is 21.9 Å². The molecule has 0 spiro atoms. The van der Waals surface area contributed by atoms with Gasteiger partial charge in [-0.3, -0.25) is 9.10 Å². The van der Waals surface area contributed by atoms with Crippen molar-refractivity contribution in [1.29, 1.82) is 0 Å². The Bertz CT molecular complexity index is 812. The number of fused-ring (bicyclic) bond motifs is 1. The van der Waals surface area contributed by atoms with Gasteiger partial charge in [-0.25, -0.2) is 8.42 Å². The van der Waals surface area contributed by atoms with E-state index in [9.17, 15) is 13.2 Å². The van der Waals surface area contributed by atoms with E-state index >= 15 is 0 Å². The molecule has 2 rings (SSSR count). The number of benzene rings is 1. The van der Waals surface area contributed by atoms with Gasteiger partial charge in [-0.15, -0.1) is 11.3 Å². The molecule has 5 nitrogen and oxygen atoms in total. The highest BCUT2D eigenvalue weighted by Gasteiger charge is 2.17. The first-order valence-electron chi connectivity index (χ1n) is 7.58. The van der Waals surface area contributed by atoms with Crippen molar-refractivity contribution in [3.05, 3.63) is 29.1 Å². The van der Waals surface area contributed by atoms with Gasteiger partial charge in [0.05, 0.1) is 16.8 Å². The number of amides is 1. The Morgan fingerprint density at radius 1 is 1.30 bits per heavy atom. The molecule has 0 saturated heterocycles. The summed E-state index contributed by atoms with van der Waals surface area (Å²) in [5.74, 6) is -0.0856. The van der Waals surface area contributed by atoms with Crippen molar-refractivity contribution in [2.24, 2.45) is 0 Å². The lowest BCUT2D eigenvalue weighted by molar-refractivity contribution is 0.0943.